The van der Waals surface area contributed by atoms with Crippen LogP contribution < -0.4 is 4.90 Å². The van der Waals surface area contributed by atoms with Gasteiger partial charge >= 0.3 is 0 Å². The quantitative estimate of drug-likeness (QED) is 0.586. The Morgan fingerprint density at radius 3 is 2.40 bits per heavy atom. The summed E-state index contributed by atoms with van der Waals surface area (Å²) < 4.78 is 0. The van der Waals surface area contributed by atoms with E-state index < -0.39 is 0 Å². The van der Waals surface area contributed by atoms with Crippen LogP contribution in [0.5, 0.6) is 0 Å². The first-order valence-corrected chi connectivity index (χ1v) is 10.3. The number of rotatable bonds is 3. The molecule has 2 heterocycles. The van der Waals surface area contributed by atoms with E-state index in [0.717, 1.165) is 11.1 Å². The van der Waals surface area contributed by atoms with Gasteiger partial charge in [-0.25, -0.2) is 4.98 Å². The number of nitriles is 1. The van der Waals surface area contributed by atoms with Gasteiger partial charge in [-0.1, -0.05) is 59.6 Å². The van der Waals surface area contributed by atoms with E-state index in [1.54, 1.807) is 29.3 Å². The predicted molar refractivity (Wildman–Crippen MR) is 119 cm³/mol. The fourth-order valence-corrected chi connectivity index (χ4v) is 4.08. The average molecular weight is 437 g/mol. The molecule has 1 aliphatic heterocycles. The van der Waals surface area contributed by atoms with Crippen LogP contribution in [0.3, 0.4) is 0 Å². The Hall–Kier alpha value is -3.07. The Balaban J connectivity index is 1.49. The Labute approximate surface area is 185 Å². The zero-order valence-corrected chi connectivity index (χ0v) is 17.6. The van der Waals surface area contributed by atoms with E-state index in [-0.39, 0.29) is 5.91 Å². The number of benzene rings is 2. The lowest BCUT2D eigenvalue weighted by Gasteiger charge is -2.35. The zero-order valence-electron chi connectivity index (χ0n) is 16.1. The first-order valence-electron chi connectivity index (χ1n) is 9.51. The highest BCUT2D eigenvalue weighted by Gasteiger charge is 2.24. The van der Waals surface area contributed by atoms with Crippen molar-refractivity contribution in [2.75, 3.05) is 31.1 Å². The lowest BCUT2D eigenvalue weighted by molar-refractivity contribution is 0.0746. The first kappa shape index (κ1) is 20.2. The number of carbonyl (C=O) groups is 1. The highest BCUT2D eigenvalue weighted by Crippen LogP contribution is 2.28. The van der Waals surface area contributed by atoms with Crippen LogP contribution in [0, 0.1) is 11.3 Å². The number of pyridine rings is 1. The van der Waals surface area contributed by atoms with Gasteiger partial charge in [0.05, 0.1) is 21.7 Å². The smallest absolute Gasteiger partial charge is 0.254 e. The van der Waals surface area contributed by atoms with Crippen LogP contribution in [0.15, 0.2) is 60.8 Å². The topological polar surface area (TPSA) is 60.2 Å². The molecule has 0 atom stereocenters. The average Bonchev–Trinajstić information content (AvgIpc) is 2.79. The van der Waals surface area contributed by atoms with Crippen LogP contribution in [-0.2, 0) is 0 Å². The summed E-state index contributed by atoms with van der Waals surface area (Å²) >= 11 is 12.2. The van der Waals surface area contributed by atoms with Gasteiger partial charge < -0.3 is 9.80 Å². The third-order valence-corrected chi connectivity index (χ3v) is 5.61. The van der Waals surface area contributed by atoms with Gasteiger partial charge in [-0.05, 0) is 29.3 Å². The third kappa shape index (κ3) is 4.11. The number of aromatic nitrogens is 1. The summed E-state index contributed by atoms with van der Waals surface area (Å²) in [6, 6.07) is 18.9. The van der Waals surface area contributed by atoms with Crippen LogP contribution in [-0.4, -0.2) is 42.0 Å². The second kappa shape index (κ2) is 8.74. The minimum atomic E-state index is -0.0825. The molecule has 1 aliphatic rings. The van der Waals surface area contributed by atoms with Gasteiger partial charge in [0.1, 0.15) is 5.82 Å². The van der Waals surface area contributed by atoms with Crippen molar-refractivity contribution in [2.45, 2.75) is 0 Å². The van der Waals surface area contributed by atoms with Crippen molar-refractivity contribution in [3.63, 3.8) is 0 Å². The largest absolute Gasteiger partial charge is 0.352 e. The highest BCUT2D eigenvalue weighted by molar-refractivity contribution is 6.36. The van der Waals surface area contributed by atoms with Gasteiger partial charge in [-0.15, -0.1) is 0 Å². The molecule has 5 nitrogen and oxygen atoms in total. The maximum Gasteiger partial charge on any atom is 0.254 e. The van der Waals surface area contributed by atoms with Gasteiger partial charge in [0.2, 0.25) is 0 Å². The van der Waals surface area contributed by atoms with E-state index in [1.807, 2.05) is 41.3 Å². The van der Waals surface area contributed by atoms with Gasteiger partial charge in [-0.2, -0.15) is 5.26 Å². The van der Waals surface area contributed by atoms with E-state index >= 15 is 0 Å². The lowest BCUT2D eigenvalue weighted by Crippen LogP contribution is -2.49. The molecule has 0 saturated carbocycles. The summed E-state index contributed by atoms with van der Waals surface area (Å²) in [5, 5.41) is 10.6. The van der Waals surface area contributed by atoms with Crippen LogP contribution in [0.1, 0.15) is 15.9 Å². The van der Waals surface area contributed by atoms with Crippen molar-refractivity contribution in [2.24, 2.45) is 0 Å². The van der Waals surface area contributed by atoms with Gasteiger partial charge in [-0.3, -0.25) is 4.79 Å². The molecule has 1 fully saturated rings. The number of anilines is 1. The number of halogens is 2. The van der Waals surface area contributed by atoms with Crippen molar-refractivity contribution in [1.82, 2.24) is 9.88 Å². The number of amides is 1. The number of hydrogen-bond donors (Lipinski definition) is 0. The summed E-state index contributed by atoms with van der Waals surface area (Å²) in [5.74, 6) is 0.591. The summed E-state index contributed by atoms with van der Waals surface area (Å²) in [6.45, 7) is 2.32. The molecule has 2 aromatic carbocycles. The highest BCUT2D eigenvalue weighted by atomic mass is 35.5. The molecule has 150 valence electrons. The van der Waals surface area contributed by atoms with Crippen molar-refractivity contribution in [1.29, 1.82) is 5.26 Å². The van der Waals surface area contributed by atoms with E-state index in [1.165, 1.54) is 0 Å². The molecular weight excluding hydrogens is 419 g/mol. The molecule has 7 heteroatoms. The minimum Gasteiger partial charge on any atom is -0.352 e. The Morgan fingerprint density at radius 1 is 1.00 bits per heavy atom. The molecule has 4 rings (SSSR count). The first-order chi connectivity index (χ1) is 14.6. The molecular formula is C23H18Cl2N4O. The van der Waals surface area contributed by atoms with E-state index in [2.05, 4.69) is 11.1 Å². The molecule has 0 bridgehead atoms. The lowest BCUT2D eigenvalue weighted by atomic mass is 9.98. The van der Waals surface area contributed by atoms with Crippen LogP contribution in [0.4, 0.5) is 5.82 Å². The predicted octanol–water partition coefficient (Wildman–Crippen LogP) is 4.89. The summed E-state index contributed by atoms with van der Waals surface area (Å²) in [4.78, 5) is 21.2. The number of carbonyl (C=O) groups excluding carboxylic acids is 1. The molecule has 30 heavy (non-hydrogen) atoms. The van der Waals surface area contributed by atoms with Crippen LogP contribution >= 0.6 is 23.2 Å². The SMILES string of the molecule is N#Cc1cc(C(=O)N2CCN(c3ncc(Cl)cc3Cl)CC2)ccc1-c1ccccc1. The molecule has 0 N–H and O–H groups in total. The van der Waals surface area contributed by atoms with Crippen LogP contribution in [0.25, 0.3) is 11.1 Å². The van der Waals surface area contributed by atoms with Crippen molar-refractivity contribution in [3.05, 3.63) is 82.0 Å². The fourth-order valence-electron chi connectivity index (χ4n) is 3.58. The molecule has 0 unspecified atom stereocenters. The normalized spacial score (nSPS) is 13.8. The van der Waals surface area contributed by atoms with E-state index in [4.69, 9.17) is 23.2 Å². The van der Waals surface area contributed by atoms with Crippen molar-refractivity contribution in [3.8, 4) is 17.2 Å². The summed E-state index contributed by atoms with van der Waals surface area (Å²) in [7, 11) is 0. The molecule has 1 amide bonds. The Morgan fingerprint density at radius 2 is 1.73 bits per heavy atom. The maximum absolute atomic E-state index is 13.0. The molecule has 0 aliphatic carbocycles. The summed E-state index contributed by atoms with van der Waals surface area (Å²) in [5.41, 5.74) is 2.78. The molecule has 0 spiro atoms. The fraction of sp³-hybridized carbons (Fsp3) is 0.174. The van der Waals surface area contributed by atoms with E-state index in [9.17, 15) is 10.1 Å². The molecule has 3 aromatic rings. The molecule has 1 saturated heterocycles. The van der Waals surface area contributed by atoms with E-state index in [0.29, 0.717) is 53.2 Å². The summed E-state index contributed by atoms with van der Waals surface area (Å²) in [6.07, 6.45) is 1.57. The van der Waals surface area contributed by atoms with Crippen LogP contribution in [0.2, 0.25) is 10.0 Å². The van der Waals surface area contributed by atoms with Gasteiger partial charge in [0.25, 0.3) is 5.91 Å². The third-order valence-electron chi connectivity index (χ3n) is 5.13. The number of hydrogen-bond acceptors (Lipinski definition) is 4. The second-order valence-corrected chi connectivity index (χ2v) is 7.82. The Bertz CT molecular complexity index is 1120. The monoisotopic (exact) mass is 436 g/mol. The molecule has 0 radical (unpaired) electrons. The standard InChI is InChI=1S/C23H18Cl2N4O/c24-19-13-21(25)22(27-15-19)28-8-10-29(11-9-28)23(30)17-6-7-20(18(12-17)14-26)16-4-2-1-3-5-16/h1-7,12-13,15H,8-11H2. The molecule has 1 aromatic heterocycles. The minimum absolute atomic E-state index is 0.0825. The van der Waals surface area contributed by atoms with Gasteiger partial charge in [0, 0.05) is 37.9 Å². The Kier molecular flexibility index (Phi) is 5.89. The number of nitrogens with zero attached hydrogens (tertiary/aromatic N) is 4. The number of piperazine rings is 1. The van der Waals surface area contributed by atoms with Crippen molar-refractivity contribution < 1.29 is 4.79 Å². The van der Waals surface area contributed by atoms with Crippen molar-refractivity contribution >= 4 is 34.9 Å². The second-order valence-electron chi connectivity index (χ2n) is 6.98. The maximum atomic E-state index is 13.0. The zero-order chi connectivity index (χ0) is 21.1. The van der Waals surface area contributed by atoms with Gasteiger partial charge in [0.15, 0.2) is 0 Å².